The van der Waals surface area contributed by atoms with Crippen molar-refractivity contribution in [2.45, 2.75) is 52.0 Å². The van der Waals surface area contributed by atoms with Crippen molar-refractivity contribution in [2.75, 3.05) is 12.8 Å². The molecule has 0 spiro atoms. The summed E-state index contributed by atoms with van der Waals surface area (Å²) in [4.78, 5) is 0. The Bertz CT molecular complexity index is 611. The van der Waals surface area contributed by atoms with Crippen molar-refractivity contribution in [3.8, 4) is 0 Å². The van der Waals surface area contributed by atoms with Gasteiger partial charge in [0, 0.05) is 19.3 Å². The Balaban J connectivity index is 2.55. The summed E-state index contributed by atoms with van der Waals surface area (Å²) in [5.74, 6) is 1.36. The average molecular weight is 300 g/mol. The normalized spacial score (nSPS) is 20.8. The van der Waals surface area contributed by atoms with Crippen LogP contribution in [0.4, 0.5) is 0 Å². The van der Waals surface area contributed by atoms with Gasteiger partial charge < -0.3 is 9.88 Å². The van der Waals surface area contributed by atoms with Crippen molar-refractivity contribution in [3.05, 3.63) is 11.6 Å². The predicted molar refractivity (Wildman–Crippen MR) is 78.1 cm³/mol. The van der Waals surface area contributed by atoms with Gasteiger partial charge in [0.15, 0.2) is 21.5 Å². The van der Waals surface area contributed by atoms with Crippen LogP contribution in [0.15, 0.2) is 0 Å². The molecule has 20 heavy (non-hydrogen) atoms. The van der Waals surface area contributed by atoms with Crippen LogP contribution in [0.1, 0.15) is 52.3 Å². The first-order chi connectivity index (χ1) is 8.96. The summed E-state index contributed by atoms with van der Waals surface area (Å²) in [7, 11) is -3.26. The molecular weight excluding hydrogens is 276 g/mol. The largest absolute Gasteiger partial charge is 0.311 e. The van der Waals surface area contributed by atoms with Gasteiger partial charge in [-0.05, 0) is 19.3 Å². The predicted octanol–water partition coefficient (Wildman–Crippen LogP) is 1.25. The molecule has 7 heteroatoms. The van der Waals surface area contributed by atoms with Gasteiger partial charge in [-0.15, -0.1) is 10.2 Å². The van der Waals surface area contributed by atoms with E-state index in [2.05, 4.69) is 36.3 Å². The fourth-order valence-electron chi connectivity index (χ4n) is 2.47. The summed E-state index contributed by atoms with van der Waals surface area (Å²) in [6.07, 6.45) is 1.25. The maximum atomic E-state index is 12.0. The van der Waals surface area contributed by atoms with E-state index >= 15 is 0 Å². The van der Waals surface area contributed by atoms with E-state index in [1.165, 1.54) is 6.26 Å². The summed E-state index contributed by atoms with van der Waals surface area (Å²) >= 11 is 0. The Hall–Kier alpha value is -0.950. The minimum atomic E-state index is -3.26. The minimum absolute atomic E-state index is 0.00228. The molecule has 0 aliphatic carbocycles. The van der Waals surface area contributed by atoms with Gasteiger partial charge >= 0.3 is 0 Å². The Labute approximate surface area is 120 Å². The molecular formula is C13H24N4O2S. The molecule has 0 radical (unpaired) electrons. The molecule has 2 heterocycles. The molecule has 1 aromatic rings. The second kappa shape index (κ2) is 4.53. The second-order valence-electron chi connectivity index (χ2n) is 7.07. The lowest BCUT2D eigenvalue weighted by Gasteiger charge is -2.35. The fraction of sp³-hybridized carbons (Fsp3) is 0.846. The fourth-order valence-corrected chi connectivity index (χ4v) is 2.95. The molecule has 1 atom stereocenters. The van der Waals surface area contributed by atoms with E-state index in [9.17, 15) is 8.42 Å². The first-order valence-electron chi connectivity index (χ1n) is 6.83. The summed E-state index contributed by atoms with van der Waals surface area (Å²) in [5.41, 5.74) is -0.00228. The van der Waals surface area contributed by atoms with Crippen LogP contribution in [0.2, 0.25) is 0 Å². The molecule has 0 amide bonds. The maximum Gasteiger partial charge on any atom is 0.159 e. The van der Waals surface area contributed by atoms with Gasteiger partial charge in [-0.3, -0.25) is 0 Å². The SMILES string of the molecule is CC(C)(C)C1NCCn2c1nnc2C(C)(C)S(C)(=O)=O. The van der Waals surface area contributed by atoms with Gasteiger partial charge in [-0.25, -0.2) is 8.42 Å². The Morgan fingerprint density at radius 1 is 1.20 bits per heavy atom. The number of sulfone groups is 1. The second-order valence-corrected chi connectivity index (χ2v) is 9.63. The van der Waals surface area contributed by atoms with Crippen LogP contribution in [-0.4, -0.2) is 36.0 Å². The van der Waals surface area contributed by atoms with Crippen LogP contribution in [0.3, 0.4) is 0 Å². The minimum Gasteiger partial charge on any atom is -0.311 e. The number of nitrogens with zero attached hydrogens (tertiary/aromatic N) is 3. The van der Waals surface area contributed by atoms with Crippen LogP contribution in [-0.2, 0) is 21.1 Å². The Morgan fingerprint density at radius 3 is 2.30 bits per heavy atom. The number of nitrogens with one attached hydrogen (secondary N) is 1. The van der Waals surface area contributed by atoms with Crippen molar-refractivity contribution >= 4 is 9.84 Å². The van der Waals surface area contributed by atoms with Gasteiger partial charge in [0.2, 0.25) is 0 Å². The molecule has 1 aliphatic heterocycles. The number of fused-ring (bicyclic) bond motifs is 1. The molecule has 0 saturated carbocycles. The summed E-state index contributed by atoms with van der Waals surface area (Å²) in [6, 6.07) is 0.0767. The van der Waals surface area contributed by atoms with Crippen LogP contribution in [0.5, 0.6) is 0 Å². The number of hydrogen-bond donors (Lipinski definition) is 1. The van der Waals surface area contributed by atoms with Gasteiger partial charge in [-0.2, -0.15) is 0 Å². The lowest BCUT2D eigenvalue weighted by molar-refractivity contribution is 0.231. The Morgan fingerprint density at radius 2 is 1.80 bits per heavy atom. The van der Waals surface area contributed by atoms with Crippen LogP contribution in [0.25, 0.3) is 0 Å². The van der Waals surface area contributed by atoms with Crippen LogP contribution >= 0.6 is 0 Å². The third kappa shape index (κ3) is 2.37. The molecule has 1 N–H and O–H groups in total. The molecule has 1 unspecified atom stereocenters. The molecule has 6 nitrogen and oxygen atoms in total. The number of rotatable bonds is 2. The van der Waals surface area contributed by atoms with E-state index in [-0.39, 0.29) is 11.5 Å². The first kappa shape index (κ1) is 15.4. The Kier molecular flexibility index (Phi) is 3.49. The van der Waals surface area contributed by atoms with E-state index in [1.54, 1.807) is 13.8 Å². The molecule has 114 valence electrons. The number of hydrogen-bond acceptors (Lipinski definition) is 5. The maximum absolute atomic E-state index is 12.0. The van der Waals surface area contributed by atoms with Crippen molar-refractivity contribution in [2.24, 2.45) is 5.41 Å². The molecule has 1 aromatic heterocycles. The molecule has 0 bridgehead atoms. The van der Waals surface area contributed by atoms with Crippen molar-refractivity contribution in [1.29, 1.82) is 0 Å². The van der Waals surface area contributed by atoms with E-state index in [1.807, 2.05) is 4.57 Å². The van der Waals surface area contributed by atoms with Crippen molar-refractivity contribution in [1.82, 2.24) is 20.1 Å². The lowest BCUT2D eigenvalue weighted by atomic mass is 9.85. The first-order valence-corrected chi connectivity index (χ1v) is 8.72. The molecule has 0 aromatic carbocycles. The summed E-state index contributed by atoms with van der Waals surface area (Å²) < 4.78 is 25.0. The zero-order valence-electron chi connectivity index (χ0n) is 13.1. The topological polar surface area (TPSA) is 76.9 Å². The highest BCUT2D eigenvalue weighted by Gasteiger charge is 2.41. The van der Waals surface area contributed by atoms with Gasteiger partial charge in [-0.1, -0.05) is 20.8 Å². The zero-order valence-corrected chi connectivity index (χ0v) is 13.9. The van der Waals surface area contributed by atoms with Crippen molar-refractivity contribution < 1.29 is 8.42 Å². The van der Waals surface area contributed by atoms with Gasteiger partial charge in [0.25, 0.3) is 0 Å². The van der Waals surface area contributed by atoms with Crippen LogP contribution in [0, 0.1) is 5.41 Å². The lowest BCUT2D eigenvalue weighted by Crippen LogP contribution is -2.42. The van der Waals surface area contributed by atoms with E-state index in [0.29, 0.717) is 12.4 Å². The van der Waals surface area contributed by atoms with Crippen LogP contribution < -0.4 is 5.32 Å². The number of aromatic nitrogens is 3. The highest BCUT2D eigenvalue weighted by atomic mass is 32.2. The average Bonchev–Trinajstić information content (AvgIpc) is 2.69. The standard InChI is InChI=1S/C13H24N4O2S/c1-12(2,3)9-10-15-16-11(17(10)8-7-14-9)13(4,5)20(6,18)19/h9,14H,7-8H2,1-6H3. The molecule has 0 fully saturated rings. The summed E-state index contributed by atoms with van der Waals surface area (Å²) in [5, 5.41) is 11.9. The van der Waals surface area contributed by atoms with E-state index < -0.39 is 14.6 Å². The third-order valence-corrected chi connectivity index (χ3v) is 6.09. The van der Waals surface area contributed by atoms with Gasteiger partial charge in [0.1, 0.15) is 4.75 Å². The zero-order chi connectivity index (χ0) is 15.3. The van der Waals surface area contributed by atoms with Gasteiger partial charge in [0.05, 0.1) is 6.04 Å². The highest BCUT2D eigenvalue weighted by molar-refractivity contribution is 7.91. The molecule has 0 saturated heterocycles. The molecule has 1 aliphatic rings. The smallest absolute Gasteiger partial charge is 0.159 e. The summed E-state index contributed by atoms with van der Waals surface area (Å²) in [6.45, 7) is 11.3. The quantitative estimate of drug-likeness (QED) is 0.889. The monoisotopic (exact) mass is 300 g/mol. The highest BCUT2D eigenvalue weighted by Crippen LogP contribution is 2.36. The molecule has 2 rings (SSSR count). The van der Waals surface area contributed by atoms with E-state index in [4.69, 9.17) is 0 Å². The third-order valence-electron chi connectivity index (χ3n) is 4.05. The van der Waals surface area contributed by atoms with Crippen molar-refractivity contribution in [3.63, 3.8) is 0 Å². The van der Waals surface area contributed by atoms with E-state index in [0.717, 1.165) is 12.4 Å².